The van der Waals surface area contributed by atoms with Gasteiger partial charge < -0.3 is 0 Å². The summed E-state index contributed by atoms with van der Waals surface area (Å²) in [6.45, 7) is 7.06. The molecule has 1 rings (SSSR count). The van der Waals surface area contributed by atoms with Gasteiger partial charge in [-0.1, -0.05) is 52.9 Å². The molecule has 0 radical (unpaired) electrons. The zero-order chi connectivity index (χ0) is 9.68. The predicted molar refractivity (Wildman–Crippen MR) is 59.8 cm³/mol. The van der Waals surface area contributed by atoms with Crippen molar-refractivity contribution in [3.63, 3.8) is 0 Å². The zero-order valence-corrected chi connectivity index (χ0v) is 9.68. The Morgan fingerprint density at radius 3 is 2.31 bits per heavy atom. The average Bonchev–Trinajstić information content (AvgIpc) is 2.10. The van der Waals surface area contributed by atoms with Crippen LogP contribution >= 0.6 is 0 Å². The Hall–Kier alpha value is 0. The summed E-state index contributed by atoms with van der Waals surface area (Å²) < 4.78 is 0. The Morgan fingerprint density at radius 2 is 1.92 bits per heavy atom. The monoisotopic (exact) mass is 182 g/mol. The lowest BCUT2D eigenvalue weighted by Crippen LogP contribution is -2.31. The number of hydrogen-bond donors (Lipinski definition) is 0. The highest BCUT2D eigenvalue weighted by Gasteiger charge is 2.33. The summed E-state index contributed by atoms with van der Waals surface area (Å²) in [5.74, 6) is 3.24. The van der Waals surface area contributed by atoms with Crippen LogP contribution in [0, 0.1) is 17.8 Å². The summed E-state index contributed by atoms with van der Waals surface area (Å²) in [4.78, 5) is 0. The van der Waals surface area contributed by atoms with Crippen molar-refractivity contribution in [3.05, 3.63) is 0 Å². The van der Waals surface area contributed by atoms with Gasteiger partial charge >= 0.3 is 0 Å². The minimum atomic E-state index is 1.05. The fourth-order valence-corrected chi connectivity index (χ4v) is 2.91. The van der Waals surface area contributed by atoms with Crippen molar-refractivity contribution in [2.75, 3.05) is 0 Å². The largest absolute Gasteiger partial charge is 0.0654 e. The fourth-order valence-electron chi connectivity index (χ4n) is 2.91. The molecule has 0 saturated heterocycles. The van der Waals surface area contributed by atoms with Gasteiger partial charge in [-0.15, -0.1) is 0 Å². The molecule has 0 heteroatoms. The third kappa shape index (κ3) is 2.72. The van der Waals surface area contributed by atoms with Crippen LogP contribution in [-0.4, -0.2) is 0 Å². The summed E-state index contributed by atoms with van der Waals surface area (Å²) in [7, 11) is 0. The molecule has 0 bridgehead atoms. The lowest BCUT2D eigenvalue weighted by Gasteiger charge is -2.41. The molecule has 0 spiro atoms. The first-order chi connectivity index (χ1) is 6.33. The molecule has 0 aliphatic heterocycles. The van der Waals surface area contributed by atoms with Gasteiger partial charge in [-0.2, -0.15) is 0 Å². The molecule has 0 amide bonds. The molecule has 1 aliphatic carbocycles. The minimum Gasteiger partial charge on any atom is -0.0654 e. The Morgan fingerprint density at radius 1 is 1.15 bits per heavy atom. The van der Waals surface area contributed by atoms with E-state index in [1.807, 2.05) is 0 Å². The Labute approximate surface area is 84.1 Å². The second-order valence-corrected chi connectivity index (χ2v) is 4.72. The number of rotatable bonds is 6. The molecule has 3 atom stereocenters. The summed E-state index contributed by atoms with van der Waals surface area (Å²) in [5.41, 5.74) is 0. The van der Waals surface area contributed by atoms with Crippen molar-refractivity contribution in [1.29, 1.82) is 0 Å². The van der Waals surface area contributed by atoms with Crippen molar-refractivity contribution < 1.29 is 0 Å². The molecule has 1 fully saturated rings. The van der Waals surface area contributed by atoms with Crippen LogP contribution in [0.4, 0.5) is 0 Å². The topological polar surface area (TPSA) is 0 Å². The molecule has 1 aliphatic rings. The van der Waals surface area contributed by atoms with E-state index in [0.29, 0.717) is 0 Å². The second-order valence-electron chi connectivity index (χ2n) is 4.72. The standard InChI is InChI=1S/C13H26/c1-4-7-8-11(5-2)13-10-9-12(13)6-3/h11-13H,4-10H2,1-3H3. The van der Waals surface area contributed by atoms with Crippen LogP contribution in [0.25, 0.3) is 0 Å². The highest BCUT2D eigenvalue weighted by Crippen LogP contribution is 2.44. The van der Waals surface area contributed by atoms with Gasteiger partial charge in [0.2, 0.25) is 0 Å². The van der Waals surface area contributed by atoms with Gasteiger partial charge in [-0.3, -0.25) is 0 Å². The van der Waals surface area contributed by atoms with Crippen LogP contribution in [0.3, 0.4) is 0 Å². The molecule has 78 valence electrons. The SMILES string of the molecule is CCCCC(CC)C1CCC1CC. The lowest BCUT2D eigenvalue weighted by molar-refractivity contribution is 0.0902. The van der Waals surface area contributed by atoms with Crippen LogP contribution in [0.5, 0.6) is 0 Å². The van der Waals surface area contributed by atoms with Gasteiger partial charge in [0.25, 0.3) is 0 Å². The summed E-state index contributed by atoms with van der Waals surface area (Å²) >= 11 is 0. The fraction of sp³-hybridized carbons (Fsp3) is 1.00. The smallest absolute Gasteiger partial charge is 0.0358 e. The van der Waals surface area contributed by atoms with Crippen molar-refractivity contribution >= 4 is 0 Å². The molecule has 0 heterocycles. The highest BCUT2D eigenvalue weighted by molar-refractivity contribution is 4.84. The molecule has 3 unspecified atom stereocenters. The summed E-state index contributed by atoms with van der Waals surface area (Å²) in [5, 5.41) is 0. The van der Waals surface area contributed by atoms with Crippen LogP contribution in [0.2, 0.25) is 0 Å². The maximum Gasteiger partial charge on any atom is -0.0358 e. The van der Waals surface area contributed by atoms with E-state index in [1.54, 1.807) is 0 Å². The Bertz CT molecular complexity index is 126. The predicted octanol–water partition coefficient (Wildman–Crippen LogP) is 4.64. The number of unbranched alkanes of at least 4 members (excludes halogenated alkanes) is 1. The van der Waals surface area contributed by atoms with E-state index in [2.05, 4.69) is 20.8 Å². The first kappa shape index (κ1) is 11.1. The van der Waals surface area contributed by atoms with Crippen LogP contribution in [0.15, 0.2) is 0 Å². The van der Waals surface area contributed by atoms with Gasteiger partial charge in [-0.25, -0.2) is 0 Å². The third-order valence-corrected chi connectivity index (χ3v) is 4.06. The van der Waals surface area contributed by atoms with Crippen LogP contribution < -0.4 is 0 Å². The van der Waals surface area contributed by atoms with E-state index >= 15 is 0 Å². The molecule has 1 saturated carbocycles. The van der Waals surface area contributed by atoms with Crippen molar-refractivity contribution in [2.45, 2.75) is 65.7 Å². The summed E-state index contributed by atoms with van der Waals surface area (Å²) in [6.07, 6.45) is 10.2. The highest BCUT2D eigenvalue weighted by atomic mass is 14.4. The first-order valence-corrected chi connectivity index (χ1v) is 6.33. The van der Waals surface area contributed by atoms with Gasteiger partial charge in [0.1, 0.15) is 0 Å². The third-order valence-electron chi connectivity index (χ3n) is 4.06. The lowest BCUT2D eigenvalue weighted by atomic mass is 9.64. The molecule has 0 aromatic heterocycles. The van der Waals surface area contributed by atoms with Gasteiger partial charge in [-0.05, 0) is 30.6 Å². The van der Waals surface area contributed by atoms with E-state index in [-0.39, 0.29) is 0 Å². The van der Waals surface area contributed by atoms with Crippen LogP contribution in [0.1, 0.15) is 65.7 Å². The van der Waals surface area contributed by atoms with E-state index in [4.69, 9.17) is 0 Å². The summed E-state index contributed by atoms with van der Waals surface area (Å²) in [6, 6.07) is 0. The maximum absolute atomic E-state index is 2.38. The van der Waals surface area contributed by atoms with Gasteiger partial charge in [0.05, 0.1) is 0 Å². The average molecular weight is 182 g/mol. The quantitative estimate of drug-likeness (QED) is 0.561. The molecular weight excluding hydrogens is 156 g/mol. The van der Waals surface area contributed by atoms with E-state index in [0.717, 1.165) is 17.8 Å². The zero-order valence-electron chi connectivity index (χ0n) is 9.68. The van der Waals surface area contributed by atoms with Crippen molar-refractivity contribution in [2.24, 2.45) is 17.8 Å². The molecule has 0 aromatic carbocycles. The molecule has 0 aromatic rings. The van der Waals surface area contributed by atoms with E-state index < -0.39 is 0 Å². The van der Waals surface area contributed by atoms with Crippen molar-refractivity contribution in [3.8, 4) is 0 Å². The Kier molecular flexibility index (Phi) is 4.83. The second kappa shape index (κ2) is 5.67. The normalized spacial score (nSPS) is 29.8. The molecule has 0 nitrogen and oxygen atoms in total. The maximum atomic E-state index is 2.38. The van der Waals surface area contributed by atoms with E-state index in [9.17, 15) is 0 Å². The van der Waals surface area contributed by atoms with Gasteiger partial charge in [0, 0.05) is 0 Å². The molecule has 13 heavy (non-hydrogen) atoms. The van der Waals surface area contributed by atoms with E-state index in [1.165, 1.54) is 44.9 Å². The molecular formula is C13H26. The van der Waals surface area contributed by atoms with Crippen LogP contribution in [-0.2, 0) is 0 Å². The van der Waals surface area contributed by atoms with Gasteiger partial charge in [0.15, 0.2) is 0 Å². The molecule has 0 N–H and O–H groups in total. The van der Waals surface area contributed by atoms with Crippen molar-refractivity contribution in [1.82, 2.24) is 0 Å². The minimum absolute atomic E-state index is 1.05. The number of hydrogen-bond acceptors (Lipinski definition) is 0. The first-order valence-electron chi connectivity index (χ1n) is 6.33. The Balaban J connectivity index is 2.28.